The lowest BCUT2D eigenvalue weighted by atomic mass is 10.4. The topological polar surface area (TPSA) is 70.5 Å². The molecule has 3 aromatic rings. The van der Waals surface area contributed by atoms with Gasteiger partial charge in [-0.15, -0.1) is 11.3 Å². The van der Waals surface area contributed by atoms with Gasteiger partial charge in [0, 0.05) is 12.3 Å². The van der Waals surface area contributed by atoms with Crippen molar-refractivity contribution >= 4 is 34.6 Å². The highest BCUT2D eigenvalue weighted by Gasteiger charge is 2.26. The van der Waals surface area contributed by atoms with Crippen LogP contribution in [-0.4, -0.2) is 22.5 Å². The number of carbonyl (C=O) groups excluding carboxylic acids is 1. The maximum absolute atomic E-state index is 12.5. The zero-order chi connectivity index (χ0) is 15.0. The number of thiazole rings is 1. The Labute approximate surface area is 128 Å². The number of fused-ring (bicyclic) bond motifs is 1. The van der Waals surface area contributed by atoms with Crippen LogP contribution in [0.25, 0.3) is 5.65 Å². The molecule has 3 aromatic heterocycles. The second-order valence-electron chi connectivity index (χ2n) is 4.24. The van der Waals surface area contributed by atoms with E-state index < -0.39 is 11.8 Å². The van der Waals surface area contributed by atoms with E-state index in [1.165, 1.54) is 27.4 Å². The Bertz CT molecular complexity index is 827. The molecular weight excluding hydrogens is 314 g/mol. The molecular formula is C13H10ClN3O3S. The molecule has 0 aliphatic heterocycles. The van der Waals surface area contributed by atoms with Crippen LogP contribution in [0.5, 0.6) is 5.88 Å². The summed E-state index contributed by atoms with van der Waals surface area (Å²) in [4.78, 5) is 16.6. The van der Waals surface area contributed by atoms with Crippen LogP contribution in [0.4, 0.5) is 0 Å². The third kappa shape index (κ3) is 2.34. The van der Waals surface area contributed by atoms with Crippen molar-refractivity contribution in [2.24, 2.45) is 0 Å². The number of aromatic nitrogens is 3. The molecule has 0 radical (unpaired) electrons. The number of hydrogen-bond donors (Lipinski definition) is 0. The molecule has 0 aromatic carbocycles. The molecule has 0 unspecified atom stereocenters. The molecule has 0 amide bonds. The maximum atomic E-state index is 12.5. The summed E-state index contributed by atoms with van der Waals surface area (Å²) in [5.41, 5.74) is 0.580. The highest BCUT2D eigenvalue weighted by atomic mass is 35.5. The van der Waals surface area contributed by atoms with Gasteiger partial charge in [-0.1, -0.05) is 17.7 Å². The Balaban J connectivity index is 2.18. The van der Waals surface area contributed by atoms with Crippen LogP contribution in [0.1, 0.15) is 15.4 Å². The first-order valence-electron chi connectivity index (χ1n) is 6.00. The average Bonchev–Trinajstić information content (AvgIpc) is 3.01. The van der Waals surface area contributed by atoms with Crippen molar-refractivity contribution < 1.29 is 19.2 Å². The highest BCUT2D eigenvalue weighted by Crippen LogP contribution is 2.20. The number of halogens is 1. The van der Waals surface area contributed by atoms with Gasteiger partial charge in [-0.05, 0) is 6.07 Å². The van der Waals surface area contributed by atoms with Crippen LogP contribution in [0.2, 0.25) is 4.47 Å². The minimum atomic E-state index is -0.665. The summed E-state index contributed by atoms with van der Waals surface area (Å²) in [5, 5.41) is 12.5. The molecule has 0 spiro atoms. The maximum Gasteiger partial charge on any atom is 0.381 e. The van der Waals surface area contributed by atoms with Crippen LogP contribution in [0, 0.1) is 0 Å². The second-order valence-corrected chi connectivity index (χ2v) is 5.94. The molecule has 0 aliphatic rings. The van der Waals surface area contributed by atoms with Crippen molar-refractivity contribution in [2.75, 3.05) is 7.11 Å². The van der Waals surface area contributed by atoms with Crippen LogP contribution in [-0.2, 0) is 11.3 Å². The zero-order valence-electron chi connectivity index (χ0n) is 10.9. The van der Waals surface area contributed by atoms with E-state index in [2.05, 4.69) is 9.72 Å². The van der Waals surface area contributed by atoms with E-state index in [0.29, 0.717) is 16.7 Å². The molecule has 0 N–H and O–H groups in total. The van der Waals surface area contributed by atoms with Gasteiger partial charge in [0.1, 0.15) is 12.4 Å². The molecule has 108 valence electrons. The number of carbonyl (C=O) groups is 1. The van der Waals surface area contributed by atoms with E-state index in [9.17, 15) is 9.90 Å². The molecule has 0 saturated heterocycles. The van der Waals surface area contributed by atoms with Crippen molar-refractivity contribution in [3.05, 3.63) is 45.6 Å². The second kappa shape index (κ2) is 5.34. The number of rotatable bonds is 3. The van der Waals surface area contributed by atoms with E-state index in [1.807, 2.05) is 0 Å². The van der Waals surface area contributed by atoms with Crippen molar-refractivity contribution in [2.45, 2.75) is 6.54 Å². The van der Waals surface area contributed by atoms with Gasteiger partial charge in [-0.3, -0.25) is 0 Å². The Morgan fingerprint density at radius 2 is 2.38 bits per heavy atom. The van der Waals surface area contributed by atoms with Crippen molar-refractivity contribution in [3.63, 3.8) is 0 Å². The minimum absolute atomic E-state index is 0.0243. The molecule has 0 atom stereocenters. The number of methoxy groups -OCH3 is 1. The summed E-state index contributed by atoms with van der Waals surface area (Å²) in [7, 11) is 1.25. The number of nitrogens with zero attached hydrogens (tertiary/aromatic N) is 3. The molecule has 0 saturated carbocycles. The first-order chi connectivity index (χ1) is 10.1. The van der Waals surface area contributed by atoms with Gasteiger partial charge in [-0.2, -0.15) is 4.40 Å². The number of ether oxygens (including phenoxy) is 1. The predicted molar refractivity (Wildman–Crippen MR) is 74.6 cm³/mol. The van der Waals surface area contributed by atoms with Gasteiger partial charge in [0.2, 0.25) is 5.69 Å². The Morgan fingerprint density at radius 1 is 1.57 bits per heavy atom. The Morgan fingerprint density at radius 3 is 3.05 bits per heavy atom. The largest absolute Gasteiger partial charge is 0.839 e. The van der Waals surface area contributed by atoms with Gasteiger partial charge >= 0.3 is 5.97 Å². The van der Waals surface area contributed by atoms with Crippen LogP contribution in [0.3, 0.4) is 0 Å². The van der Waals surface area contributed by atoms with Crippen LogP contribution >= 0.6 is 22.9 Å². The van der Waals surface area contributed by atoms with Crippen molar-refractivity contribution in [3.8, 4) is 5.88 Å². The first-order valence-corrected chi connectivity index (χ1v) is 7.19. The molecule has 0 aliphatic carbocycles. The van der Waals surface area contributed by atoms with Gasteiger partial charge < -0.3 is 9.84 Å². The number of pyridine rings is 1. The van der Waals surface area contributed by atoms with Crippen molar-refractivity contribution in [1.82, 2.24) is 9.38 Å². The van der Waals surface area contributed by atoms with E-state index in [-0.39, 0.29) is 5.69 Å². The number of imidazole rings is 1. The van der Waals surface area contributed by atoms with Gasteiger partial charge in [-0.25, -0.2) is 14.3 Å². The molecule has 8 heteroatoms. The number of esters is 1. The predicted octanol–water partition coefficient (Wildman–Crippen LogP) is 1.25. The Kier molecular flexibility index (Phi) is 3.52. The normalized spacial score (nSPS) is 11.0. The summed E-state index contributed by atoms with van der Waals surface area (Å²) in [5.74, 6) is -1.07. The molecule has 3 rings (SSSR count). The van der Waals surface area contributed by atoms with Gasteiger partial charge in [0.05, 0.1) is 18.2 Å². The van der Waals surface area contributed by atoms with E-state index in [4.69, 9.17) is 11.6 Å². The standard InChI is InChI=1S/C13H10ClN3O3S/c1-20-12(19)10-11(18)17(7-8-6-15-13(14)21-8)9-4-2-3-5-16(9)10/h2-6H,7H2,1H3. The van der Waals surface area contributed by atoms with Crippen LogP contribution in [0.15, 0.2) is 30.6 Å². The zero-order valence-corrected chi connectivity index (χ0v) is 12.5. The summed E-state index contributed by atoms with van der Waals surface area (Å²) in [6.45, 7) is 0.299. The SMILES string of the molecule is COC(=O)c1c([O-])[n+](Cc2cnc(Cl)s2)c2ccccn12. The average molecular weight is 324 g/mol. The fourth-order valence-corrected chi connectivity index (χ4v) is 3.09. The molecule has 0 fully saturated rings. The highest BCUT2D eigenvalue weighted by molar-refractivity contribution is 7.15. The third-order valence-electron chi connectivity index (χ3n) is 3.02. The van der Waals surface area contributed by atoms with Crippen LogP contribution < -0.4 is 9.67 Å². The molecule has 3 heterocycles. The first kappa shape index (κ1) is 13.8. The molecule has 0 bridgehead atoms. The summed E-state index contributed by atoms with van der Waals surface area (Å²) >= 11 is 7.10. The fraction of sp³-hybridized carbons (Fsp3) is 0.154. The summed E-state index contributed by atoms with van der Waals surface area (Å²) < 4.78 is 8.12. The fourth-order valence-electron chi connectivity index (χ4n) is 2.13. The number of hydrogen-bond acceptors (Lipinski definition) is 5. The monoisotopic (exact) mass is 323 g/mol. The van der Waals surface area contributed by atoms with E-state index in [1.54, 1.807) is 30.6 Å². The third-order valence-corrected chi connectivity index (χ3v) is 4.12. The lowest BCUT2D eigenvalue weighted by Gasteiger charge is -2.04. The Hall–Kier alpha value is -2.12. The minimum Gasteiger partial charge on any atom is -0.839 e. The lowest BCUT2D eigenvalue weighted by Crippen LogP contribution is -2.36. The molecule has 21 heavy (non-hydrogen) atoms. The molecule has 6 nitrogen and oxygen atoms in total. The quantitative estimate of drug-likeness (QED) is 0.537. The summed E-state index contributed by atoms with van der Waals surface area (Å²) in [6.07, 6.45) is 3.27. The van der Waals surface area contributed by atoms with E-state index >= 15 is 0 Å². The smallest absolute Gasteiger partial charge is 0.381 e. The van der Waals surface area contributed by atoms with Gasteiger partial charge in [0.15, 0.2) is 4.47 Å². The van der Waals surface area contributed by atoms with Crippen molar-refractivity contribution in [1.29, 1.82) is 0 Å². The summed E-state index contributed by atoms with van der Waals surface area (Å²) in [6, 6.07) is 5.30. The van der Waals surface area contributed by atoms with E-state index in [0.717, 1.165) is 4.88 Å². The lowest BCUT2D eigenvalue weighted by molar-refractivity contribution is -0.704. The van der Waals surface area contributed by atoms with Gasteiger partial charge in [0.25, 0.3) is 5.65 Å².